The van der Waals surface area contributed by atoms with Gasteiger partial charge in [-0.3, -0.25) is 4.99 Å². The van der Waals surface area contributed by atoms with Crippen molar-refractivity contribution in [1.29, 1.82) is 0 Å². The molecule has 0 aliphatic heterocycles. The molecule has 108 valence electrons. The van der Waals surface area contributed by atoms with Gasteiger partial charge < -0.3 is 4.74 Å². The molecule has 0 spiro atoms. The van der Waals surface area contributed by atoms with Crippen LogP contribution in [0.2, 0.25) is 0 Å². The number of aliphatic imine (C=N–C) groups is 2. The Labute approximate surface area is 117 Å². The van der Waals surface area contributed by atoms with E-state index < -0.39 is 0 Å². The topological polar surface area (TPSA) is 34.0 Å². The van der Waals surface area contributed by atoms with Crippen LogP contribution in [-0.4, -0.2) is 25.6 Å². The van der Waals surface area contributed by atoms with Crippen LogP contribution in [0.3, 0.4) is 0 Å². The van der Waals surface area contributed by atoms with Crippen molar-refractivity contribution in [3.63, 3.8) is 0 Å². The van der Waals surface area contributed by atoms with E-state index in [1.807, 2.05) is 6.08 Å². The first-order chi connectivity index (χ1) is 8.96. The average molecular weight is 264 g/mol. The normalized spacial score (nSPS) is 18.1. The highest BCUT2D eigenvalue weighted by Gasteiger charge is 2.22. The van der Waals surface area contributed by atoms with E-state index >= 15 is 0 Å². The summed E-state index contributed by atoms with van der Waals surface area (Å²) in [6.07, 6.45) is 6.76. The van der Waals surface area contributed by atoms with Crippen molar-refractivity contribution < 1.29 is 4.74 Å². The number of ether oxygens (including phenoxy) is 1. The average Bonchev–Trinajstić information content (AvgIpc) is 2.23. The van der Waals surface area contributed by atoms with E-state index in [0.717, 1.165) is 18.7 Å². The van der Waals surface area contributed by atoms with Crippen LogP contribution in [0, 0.1) is 11.3 Å². The smallest absolute Gasteiger partial charge is 0.214 e. The molecule has 0 amide bonds. The fourth-order valence-electron chi connectivity index (χ4n) is 1.90. The third-order valence-electron chi connectivity index (χ3n) is 3.39. The monoisotopic (exact) mass is 264 g/mol. The number of nitrogens with zero attached hydrogens (tertiary/aromatic N) is 2. The van der Waals surface area contributed by atoms with Crippen LogP contribution in [0.1, 0.15) is 53.4 Å². The Morgan fingerprint density at radius 1 is 1.37 bits per heavy atom. The molecule has 0 unspecified atom stereocenters. The Kier molecular flexibility index (Phi) is 6.26. The van der Waals surface area contributed by atoms with Crippen LogP contribution in [-0.2, 0) is 4.74 Å². The summed E-state index contributed by atoms with van der Waals surface area (Å²) in [4.78, 5) is 8.54. The first kappa shape index (κ1) is 15.9. The van der Waals surface area contributed by atoms with E-state index in [9.17, 15) is 0 Å². The van der Waals surface area contributed by atoms with Gasteiger partial charge in [-0.1, -0.05) is 27.2 Å². The highest BCUT2D eigenvalue weighted by atomic mass is 16.5. The fourth-order valence-corrected chi connectivity index (χ4v) is 1.90. The lowest BCUT2D eigenvalue weighted by Gasteiger charge is -2.25. The molecule has 1 aliphatic rings. The molecule has 1 aliphatic carbocycles. The minimum Gasteiger partial charge on any atom is -0.478 e. The minimum absolute atomic E-state index is 0.278. The highest BCUT2D eigenvalue weighted by Crippen LogP contribution is 2.29. The van der Waals surface area contributed by atoms with Crippen molar-refractivity contribution in [2.45, 2.75) is 53.4 Å². The lowest BCUT2D eigenvalue weighted by atomic mass is 9.81. The summed E-state index contributed by atoms with van der Waals surface area (Å²) in [6, 6.07) is 0. The van der Waals surface area contributed by atoms with Gasteiger partial charge in [0.1, 0.15) is 0 Å². The van der Waals surface area contributed by atoms with Crippen molar-refractivity contribution >= 4 is 12.4 Å². The van der Waals surface area contributed by atoms with E-state index in [1.54, 1.807) is 0 Å². The van der Waals surface area contributed by atoms with Gasteiger partial charge in [0.05, 0.1) is 6.61 Å². The molecule has 3 nitrogen and oxygen atoms in total. The lowest BCUT2D eigenvalue weighted by Crippen LogP contribution is -2.21. The van der Waals surface area contributed by atoms with Crippen LogP contribution >= 0.6 is 0 Å². The van der Waals surface area contributed by atoms with Crippen LogP contribution in [0.5, 0.6) is 0 Å². The first-order valence-electron chi connectivity index (χ1n) is 7.32. The SMILES string of the molecule is C=N/C(=C\C(=NCC)C1CCC1)OCCC(C)(C)C. The van der Waals surface area contributed by atoms with Gasteiger partial charge in [0, 0.05) is 24.3 Å². The molecule has 1 rings (SSSR count). The Hall–Kier alpha value is -1.12. The van der Waals surface area contributed by atoms with E-state index in [4.69, 9.17) is 4.74 Å². The molecule has 0 bridgehead atoms. The van der Waals surface area contributed by atoms with Gasteiger partial charge in [-0.25, -0.2) is 4.99 Å². The maximum absolute atomic E-state index is 5.71. The van der Waals surface area contributed by atoms with Gasteiger partial charge in [0.15, 0.2) is 0 Å². The summed E-state index contributed by atoms with van der Waals surface area (Å²) in [5.74, 6) is 1.21. The second kappa shape index (κ2) is 7.46. The van der Waals surface area contributed by atoms with Crippen molar-refractivity contribution in [1.82, 2.24) is 0 Å². The summed E-state index contributed by atoms with van der Waals surface area (Å²) in [7, 11) is 0. The standard InChI is InChI=1S/C16H28N2O/c1-6-18-14(13-8-7-9-13)12-15(17-5)19-11-10-16(2,3)4/h12-13H,5-11H2,1-4H3/b15-12+,18-14?. The maximum atomic E-state index is 5.71. The van der Waals surface area contributed by atoms with Gasteiger partial charge in [0.2, 0.25) is 5.88 Å². The van der Waals surface area contributed by atoms with E-state index in [0.29, 0.717) is 18.4 Å². The largest absolute Gasteiger partial charge is 0.478 e. The van der Waals surface area contributed by atoms with Crippen LogP contribution in [0.15, 0.2) is 21.9 Å². The summed E-state index contributed by atoms with van der Waals surface area (Å²) in [5.41, 5.74) is 1.41. The predicted molar refractivity (Wildman–Crippen MR) is 83.0 cm³/mol. The van der Waals surface area contributed by atoms with Gasteiger partial charge in [0.25, 0.3) is 0 Å². The van der Waals surface area contributed by atoms with Gasteiger partial charge >= 0.3 is 0 Å². The lowest BCUT2D eigenvalue weighted by molar-refractivity contribution is 0.170. The van der Waals surface area contributed by atoms with Crippen molar-refractivity contribution in [3.8, 4) is 0 Å². The first-order valence-corrected chi connectivity index (χ1v) is 7.32. The molecule has 0 saturated heterocycles. The molecule has 19 heavy (non-hydrogen) atoms. The van der Waals surface area contributed by atoms with Gasteiger partial charge in [-0.2, -0.15) is 0 Å². The zero-order chi connectivity index (χ0) is 14.3. The maximum Gasteiger partial charge on any atom is 0.214 e. The fraction of sp³-hybridized carbons (Fsp3) is 0.750. The van der Waals surface area contributed by atoms with Crippen LogP contribution in [0.25, 0.3) is 0 Å². The van der Waals surface area contributed by atoms with Gasteiger partial charge in [-0.05, 0) is 38.3 Å². The third kappa shape index (κ3) is 6.04. The number of hydrogen-bond donors (Lipinski definition) is 0. The molecule has 0 N–H and O–H groups in total. The molecule has 0 heterocycles. The second-order valence-corrected chi connectivity index (χ2v) is 6.33. The summed E-state index contributed by atoms with van der Waals surface area (Å²) >= 11 is 0. The number of rotatable bonds is 7. The molecule has 0 radical (unpaired) electrons. The van der Waals surface area contributed by atoms with Crippen molar-refractivity contribution in [2.75, 3.05) is 13.2 Å². The predicted octanol–water partition coefficient (Wildman–Crippen LogP) is 4.24. The molecule has 1 saturated carbocycles. The molecule has 0 aromatic rings. The number of allylic oxidation sites excluding steroid dienone is 1. The highest BCUT2D eigenvalue weighted by molar-refractivity contribution is 5.97. The second-order valence-electron chi connectivity index (χ2n) is 6.33. The molecule has 1 fully saturated rings. The van der Waals surface area contributed by atoms with Crippen LogP contribution in [0.4, 0.5) is 0 Å². The Balaban J connectivity index is 2.57. The quantitative estimate of drug-likeness (QED) is 0.500. The van der Waals surface area contributed by atoms with Crippen LogP contribution < -0.4 is 0 Å². The summed E-state index contributed by atoms with van der Waals surface area (Å²) in [6.45, 7) is 13.8. The van der Waals surface area contributed by atoms with Gasteiger partial charge in [-0.15, -0.1) is 0 Å². The Bertz CT molecular complexity index is 346. The zero-order valence-corrected chi connectivity index (χ0v) is 12.9. The van der Waals surface area contributed by atoms with E-state index in [2.05, 4.69) is 44.4 Å². The molecular formula is C16H28N2O. The molecule has 0 aromatic heterocycles. The van der Waals surface area contributed by atoms with E-state index in [1.165, 1.54) is 19.3 Å². The van der Waals surface area contributed by atoms with Crippen molar-refractivity contribution in [3.05, 3.63) is 12.0 Å². The zero-order valence-electron chi connectivity index (χ0n) is 12.9. The molecular weight excluding hydrogens is 236 g/mol. The summed E-state index contributed by atoms with van der Waals surface area (Å²) in [5, 5.41) is 0. The van der Waals surface area contributed by atoms with E-state index in [-0.39, 0.29) is 5.41 Å². The molecule has 0 aromatic carbocycles. The third-order valence-corrected chi connectivity index (χ3v) is 3.39. The minimum atomic E-state index is 0.278. The summed E-state index contributed by atoms with van der Waals surface area (Å²) < 4.78 is 5.71. The van der Waals surface area contributed by atoms with Crippen molar-refractivity contribution in [2.24, 2.45) is 21.3 Å². The molecule has 0 atom stereocenters. The number of hydrogen-bond acceptors (Lipinski definition) is 3. The Morgan fingerprint density at radius 2 is 2.05 bits per heavy atom. The Morgan fingerprint density at radius 3 is 2.47 bits per heavy atom. The molecule has 3 heteroatoms.